The largest absolute Gasteiger partial charge is 0.476 e. The lowest BCUT2D eigenvalue weighted by molar-refractivity contribution is -0.118. The normalized spacial score (nSPS) is 25.7. The summed E-state index contributed by atoms with van der Waals surface area (Å²) in [5, 5.41) is 2.75. The fourth-order valence-electron chi connectivity index (χ4n) is 6.45. The molecule has 0 bridgehead atoms. The molecule has 4 heterocycles. The number of nitrogens with one attached hydrogen (secondary N) is 1. The third-order valence-corrected chi connectivity index (χ3v) is 20.2. The summed E-state index contributed by atoms with van der Waals surface area (Å²) in [6, 6.07) is 0. The van der Waals surface area contributed by atoms with E-state index in [0.29, 0.717) is 12.1 Å². The topological polar surface area (TPSA) is 119 Å². The molecule has 2 saturated heterocycles. The molecule has 4 atom stereocenters. The van der Waals surface area contributed by atoms with E-state index in [2.05, 4.69) is 107 Å². The standard InChI is InChI=1S/C33H56FN5O6Si3/c1-15-41-30-26-28(36-32(38-30)37-29(40)20(2)3)39(19-35-26)31-33(34,16-17-46(12,13)14)27-25(43-31)18-42-47(21(4)5,22(6)7)45-48(44-27,23(8)9)24(10)11/h19-25,27,31H,15,18H2,1-14H3,(H,36,37,38,40)/t25?,27?,31-,33-/m1/s1. The van der Waals surface area contributed by atoms with Crippen molar-refractivity contribution in [2.75, 3.05) is 18.5 Å². The number of nitrogens with zero attached hydrogens (tertiary/aromatic N) is 4. The molecule has 4 rings (SSSR count). The summed E-state index contributed by atoms with van der Waals surface area (Å²) in [7, 11) is -8.21. The predicted molar refractivity (Wildman–Crippen MR) is 193 cm³/mol. The molecule has 0 radical (unpaired) electrons. The number of rotatable bonds is 9. The zero-order chi connectivity index (χ0) is 36.0. The maximum absolute atomic E-state index is 18.4. The number of alkyl halides is 1. The van der Waals surface area contributed by atoms with Crippen LogP contribution in [0.15, 0.2) is 6.33 Å². The third-order valence-electron chi connectivity index (χ3n) is 9.05. The van der Waals surface area contributed by atoms with Gasteiger partial charge in [-0.3, -0.25) is 14.7 Å². The van der Waals surface area contributed by atoms with Crippen molar-refractivity contribution in [2.24, 2.45) is 5.92 Å². The van der Waals surface area contributed by atoms with Crippen LogP contribution in [-0.4, -0.2) is 81.7 Å². The Labute approximate surface area is 288 Å². The van der Waals surface area contributed by atoms with Gasteiger partial charge < -0.3 is 22.4 Å². The van der Waals surface area contributed by atoms with Gasteiger partial charge in [0.1, 0.15) is 20.3 Å². The predicted octanol–water partition coefficient (Wildman–Crippen LogP) is 7.26. The molecule has 2 aromatic heterocycles. The average Bonchev–Trinajstić information content (AvgIpc) is 3.49. The number of imidazole rings is 1. The Bertz CT molecular complexity index is 1520. The van der Waals surface area contributed by atoms with E-state index in [1.54, 1.807) is 13.8 Å². The number of ether oxygens (including phenoxy) is 2. The van der Waals surface area contributed by atoms with E-state index >= 15 is 4.39 Å². The Morgan fingerprint density at radius 1 is 1.06 bits per heavy atom. The Balaban J connectivity index is 1.97. The number of carbonyl (C=O) groups excluding carboxylic acids is 1. The Morgan fingerprint density at radius 2 is 1.67 bits per heavy atom. The first kappa shape index (κ1) is 38.6. The number of amides is 1. The molecule has 2 fully saturated rings. The molecular weight excluding hydrogens is 666 g/mol. The maximum atomic E-state index is 18.4. The molecule has 11 nitrogen and oxygen atoms in total. The van der Waals surface area contributed by atoms with Crippen LogP contribution < -0.4 is 10.1 Å². The molecule has 2 aliphatic heterocycles. The van der Waals surface area contributed by atoms with Crippen LogP contribution in [0.4, 0.5) is 10.3 Å². The van der Waals surface area contributed by atoms with Crippen LogP contribution in [0, 0.1) is 17.4 Å². The van der Waals surface area contributed by atoms with E-state index in [4.69, 9.17) is 22.4 Å². The first-order valence-corrected chi connectivity index (χ1v) is 24.7. The van der Waals surface area contributed by atoms with E-state index in [-0.39, 0.29) is 58.1 Å². The number of aromatic nitrogens is 4. The van der Waals surface area contributed by atoms with Crippen LogP contribution in [0.5, 0.6) is 5.88 Å². The second-order valence-electron chi connectivity index (χ2n) is 15.6. The summed E-state index contributed by atoms with van der Waals surface area (Å²) < 4.78 is 53.9. The second-order valence-corrected chi connectivity index (χ2v) is 29.2. The molecule has 0 aliphatic carbocycles. The minimum absolute atomic E-state index is 0.0137. The average molecular weight is 722 g/mol. The first-order valence-electron chi connectivity index (χ1n) is 17.3. The molecule has 2 aliphatic rings. The SMILES string of the molecule is CCOc1nc(NC(=O)C(C)C)nc2c1ncn2[C@@H]1OC2CO[Si](C(C)C)(C(C)C)O[Si](C(C)C)(C(C)C)OC2[C@]1(F)C#C[Si](C)(C)C. The van der Waals surface area contributed by atoms with Crippen molar-refractivity contribution in [2.45, 2.75) is 142 Å². The minimum Gasteiger partial charge on any atom is -0.476 e. The summed E-state index contributed by atoms with van der Waals surface area (Å²) in [4.78, 5) is 26.2. The Hall–Kier alpha value is -2.20. The van der Waals surface area contributed by atoms with Gasteiger partial charge in [-0.05, 0) is 29.1 Å². The van der Waals surface area contributed by atoms with Gasteiger partial charge >= 0.3 is 17.1 Å². The van der Waals surface area contributed by atoms with E-state index in [1.165, 1.54) is 10.9 Å². The van der Waals surface area contributed by atoms with Gasteiger partial charge in [-0.2, -0.15) is 9.97 Å². The van der Waals surface area contributed by atoms with Gasteiger partial charge in [-0.25, -0.2) is 9.37 Å². The van der Waals surface area contributed by atoms with Crippen LogP contribution in [-0.2, 0) is 22.5 Å². The number of hydrogen-bond acceptors (Lipinski definition) is 9. The number of halogens is 1. The zero-order valence-electron chi connectivity index (χ0n) is 31.2. The lowest BCUT2D eigenvalue weighted by Gasteiger charge is -2.51. The van der Waals surface area contributed by atoms with E-state index in [9.17, 15) is 4.79 Å². The molecule has 0 spiro atoms. The van der Waals surface area contributed by atoms with Gasteiger partial charge in [0.2, 0.25) is 23.4 Å². The Morgan fingerprint density at radius 3 is 2.19 bits per heavy atom. The number of hydrogen-bond donors (Lipinski definition) is 1. The molecule has 1 amide bonds. The van der Waals surface area contributed by atoms with Crippen molar-refractivity contribution in [1.29, 1.82) is 0 Å². The van der Waals surface area contributed by atoms with Crippen LogP contribution >= 0.6 is 0 Å². The number of anilines is 1. The van der Waals surface area contributed by atoms with Crippen LogP contribution in [0.1, 0.15) is 82.4 Å². The minimum atomic E-state index is -3.21. The number of carbonyl (C=O) groups is 1. The van der Waals surface area contributed by atoms with Gasteiger partial charge in [0.05, 0.1) is 19.5 Å². The molecule has 0 saturated carbocycles. The molecular formula is C33H56FN5O6Si3. The monoisotopic (exact) mass is 721 g/mol. The quantitative estimate of drug-likeness (QED) is 0.211. The summed E-state index contributed by atoms with van der Waals surface area (Å²) in [6.07, 6.45) is -1.74. The molecule has 268 valence electrons. The van der Waals surface area contributed by atoms with Crippen molar-refractivity contribution in [1.82, 2.24) is 19.5 Å². The van der Waals surface area contributed by atoms with Gasteiger partial charge in [-0.15, -0.1) is 5.54 Å². The fourth-order valence-corrected chi connectivity index (χ4v) is 18.2. The summed E-state index contributed by atoms with van der Waals surface area (Å²) in [6.45, 7) is 29.0. The third kappa shape index (κ3) is 7.17. The summed E-state index contributed by atoms with van der Waals surface area (Å²) in [5.74, 6) is 2.67. The van der Waals surface area contributed by atoms with Crippen molar-refractivity contribution >= 4 is 48.2 Å². The lowest BCUT2D eigenvalue weighted by atomic mass is 9.97. The number of fused-ring (bicyclic) bond motifs is 2. The highest BCUT2D eigenvalue weighted by molar-refractivity contribution is 6.84. The summed E-state index contributed by atoms with van der Waals surface area (Å²) in [5.41, 5.74) is 1.71. The zero-order valence-corrected chi connectivity index (χ0v) is 34.2. The highest BCUT2D eigenvalue weighted by Crippen LogP contribution is 2.52. The van der Waals surface area contributed by atoms with Gasteiger partial charge in [-0.1, -0.05) is 94.8 Å². The highest BCUT2D eigenvalue weighted by atomic mass is 28.5. The first-order chi connectivity index (χ1) is 22.2. The van der Waals surface area contributed by atoms with E-state index in [1.807, 2.05) is 6.92 Å². The molecule has 0 aromatic carbocycles. The van der Waals surface area contributed by atoms with Crippen molar-refractivity contribution in [3.63, 3.8) is 0 Å². The van der Waals surface area contributed by atoms with Crippen LogP contribution in [0.25, 0.3) is 11.2 Å². The molecule has 15 heteroatoms. The van der Waals surface area contributed by atoms with E-state index in [0.717, 1.165) is 0 Å². The van der Waals surface area contributed by atoms with E-state index < -0.39 is 49.3 Å². The molecule has 2 aromatic rings. The molecule has 2 unspecified atom stereocenters. The second kappa shape index (κ2) is 14.2. The van der Waals surface area contributed by atoms with Crippen LogP contribution in [0.3, 0.4) is 0 Å². The summed E-state index contributed by atoms with van der Waals surface area (Å²) >= 11 is 0. The van der Waals surface area contributed by atoms with Crippen molar-refractivity contribution < 1.29 is 31.6 Å². The van der Waals surface area contributed by atoms with Crippen molar-refractivity contribution in [3.8, 4) is 17.3 Å². The molecule has 48 heavy (non-hydrogen) atoms. The highest BCUT2D eigenvalue weighted by Gasteiger charge is 2.66. The smallest absolute Gasteiger partial charge is 0.335 e. The Kier molecular flexibility index (Phi) is 11.4. The maximum Gasteiger partial charge on any atom is 0.335 e. The molecule has 1 N–H and O–H groups in total. The van der Waals surface area contributed by atoms with Gasteiger partial charge in [0.25, 0.3) is 0 Å². The van der Waals surface area contributed by atoms with Crippen LogP contribution in [0.2, 0.25) is 41.8 Å². The fraction of sp³-hybridized carbons (Fsp3) is 0.758. The van der Waals surface area contributed by atoms with Gasteiger partial charge in [0, 0.05) is 5.92 Å². The lowest BCUT2D eigenvalue weighted by Crippen LogP contribution is -2.66. The van der Waals surface area contributed by atoms with Crippen molar-refractivity contribution in [3.05, 3.63) is 6.33 Å². The van der Waals surface area contributed by atoms with Gasteiger partial charge in [0.15, 0.2) is 17.4 Å².